The van der Waals surface area contributed by atoms with Crippen molar-refractivity contribution in [3.05, 3.63) is 0 Å². The fraction of sp³-hybridized carbons (Fsp3) is 0.818. The van der Waals surface area contributed by atoms with Crippen LogP contribution in [0.4, 0.5) is 0 Å². The van der Waals surface area contributed by atoms with Gasteiger partial charge in [0.25, 0.3) is 0 Å². The summed E-state index contributed by atoms with van der Waals surface area (Å²) in [6.45, 7) is 4.62. The fourth-order valence-corrected chi connectivity index (χ4v) is 2.11. The van der Waals surface area contributed by atoms with Gasteiger partial charge in [-0.25, -0.2) is 0 Å². The van der Waals surface area contributed by atoms with Crippen LogP contribution < -0.4 is 11.1 Å². The number of nitrogens with two attached hydrogens (primary N) is 1. The monoisotopic (exact) mass is 244 g/mol. The molecule has 1 aliphatic heterocycles. The molecule has 0 aliphatic carbocycles. The lowest BCUT2D eigenvalue weighted by atomic mass is 10.0. The van der Waals surface area contributed by atoms with Crippen LogP contribution in [0.2, 0.25) is 0 Å². The third-order valence-corrected chi connectivity index (χ3v) is 3.23. The Labute approximate surface area is 102 Å². The molecule has 1 fully saturated rings. The van der Waals surface area contributed by atoms with E-state index in [1.807, 2.05) is 13.8 Å². The first-order valence-corrected chi connectivity index (χ1v) is 6.18. The maximum atomic E-state index is 11.9. The molecule has 3 unspecified atom stereocenters. The van der Waals surface area contributed by atoms with Gasteiger partial charge in [-0.05, 0) is 19.8 Å². The molecular formula is C11H20N2O2S. The normalized spacial score (nSPS) is 26.4. The van der Waals surface area contributed by atoms with E-state index in [0.717, 1.165) is 19.3 Å². The third kappa shape index (κ3) is 3.42. The molecule has 1 heterocycles. The zero-order valence-electron chi connectivity index (χ0n) is 9.86. The van der Waals surface area contributed by atoms with Crippen LogP contribution in [0.25, 0.3) is 0 Å². The van der Waals surface area contributed by atoms with Crippen LogP contribution in [0.15, 0.2) is 0 Å². The zero-order valence-corrected chi connectivity index (χ0v) is 10.7. The molecule has 92 valence electrons. The van der Waals surface area contributed by atoms with Crippen molar-refractivity contribution in [2.24, 2.45) is 11.7 Å². The van der Waals surface area contributed by atoms with Gasteiger partial charge in [-0.2, -0.15) is 0 Å². The van der Waals surface area contributed by atoms with E-state index in [0.29, 0.717) is 11.6 Å². The second-order valence-electron chi connectivity index (χ2n) is 4.22. The number of nitrogens with one attached hydrogen (secondary N) is 1. The number of carbonyl (C=O) groups excluding carboxylic acids is 1. The van der Waals surface area contributed by atoms with E-state index in [-0.39, 0.29) is 24.0 Å². The molecule has 0 bridgehead atoms. The number of thiocarbonyl (C=S) groups is 1. The lowest BCUT2D eigenvalue weighted by molar-refractivity contribution is -0.126. The van der Waals surface area contributed by atoms with Crippen molar-refractivity contribution >= 4 is 23.1 Å². The van der Waals surface area contributed by atoms with Crippen LogP contribution in [0.1, 0.15) is 33.1 Å². The minimum atomic E-state index is -0.180. The molecule has 0 saturated carbocycles. The molecule has 1 amide bonds. The number of carbonyl (C=O) groups is 1. The van der Waals surface area contributed by atoms with Gasteiger partial charge >= 0.3 is 0 Å². The Hall–Kier alpha value is -0.680. The number of rotatable bonds is 5. The molecule has 4 nitrogen and oxygen atoms in total. The maximum absolute atomic E-state index is 11.9. The quantitative estimate of drug-likeness (QED) is 0.708. The fourth-order valence-electron chi connectivity index (χ4n) is 1.93. The Kier molecular flexibility index (Phi) is 5.15. The van der Waals surface area contributed by atoms with Crippen molar-refractivity contribution in [3.8, 4) is 0 Å². The highest BCUT2D eigenvalue weighted by atomic mass is 32.1. The molecule has 0 aromatic rings. The zero-order chi connectivity index (χ0) is 12.1. The summed E-state index contributed by atoms with van der Waals surface area (Å²) < 4.78 is 5.36. The molecule has 1 saturated heterocycles. The number of hydrogen-bond donors (Lipinski definition) is 2. The van der Waals surface area contributed by atoms with Crippen molar-refractivity contribution in [2.75, 3.05) is 6.61 Å². The minimum absolute atomic E-state index is 0.00591. The van der Waals surface area contributed by atoms with Crippen molar-refractivity contribution in [1.82, 2.24) is 5.32 Å². The van der Waals surface area contributed by atoms with Gasteiger partial charge in [-0.15, -0.1) is 0 Å². The summed E-state index contributed by atoms with van der Waals surface area (Å²) >= 11 is 4.94. The smallest absolute Gasteiger partial charge is 0.226 e. The second kappa shape index (κ2) is 6.15. The van der Waals surface area contributed by atoms with E-state index in [2.05, 4.69) is 5.32 Å². The van der Waals surface area contributed by atoms with Crippen LogP contribution in [0, 0.1) is 5.92 Å². The highest BCUT2D eigenvalue weighted by molar-refractivity contribution is 7.80. The minimum Gasteiger partial charge on any atom is -0.392 e. The molecule has 1 rings (SSSR count). The Balaban J connectivity index is 2.50. The van der Waals surface area contributed by atoms with Crippen LogP contribution >= 0.6 is 12.2 Å². The summed E-state index contributed by atoms with van der Waals surface area (Å²) in [4.78, 5) is 12.3. The summed E-state index contributed by atoms with van der Waals surface area (Å²) in [7, 11) is 0. The van der Waals surface area contributed by atoms with Gasteiger partial charge in [-0.1, -0.05) is 25.6 Å². The van der Waals surface area contributed by atoms with Crippen LogP contribution in [-0.4, -0.2) is 29.6 Å². The Morgan fingerprint density at radius 2 is 2.38 bits per heavy atom. The molecule has 16 heavy (non-hydrogen) atoms. The summed E-state index contributed by atoms with van der Waals surface area (Å²) in [5.74, 6) is -0.0510. The lowest BCUT2D eigenvalue weighted by Gasteiger charge is -2.20. The number of hydrogen-bond acceptors (Lipinski definition) is 3. The van der Waals surface area contributed by atoms with Crippen LogP contribution in [0.5, 0.6) is 0 Å². The molecule has 0 spiro atoms. The van der Waals surface area contributed by atoms with Gasteiger partial charge in [0.2, 0.25) is 5.91 Å². The third-order valence-electron chi connectivity index (χ3n) is 2.95. The maximum Gasteiger partial charge on any atom is 0.226 e. The topological polar surface area (TPSA) is 64.3 Å². The highest BCUT2D eigenvalue weighted by Crippen LogP contribution is 2.20. The van der Waals surface area contributed by atoms with E-state index in [9.17, 15) is 4.79 Å². The Morgan fingerprint density at radius 3 is 2.81 bits per heavy atom. The SMILES string of the molecule is CCCC(NC(=O)C1CCOC1C)C(N)=S. The van der Waals surface area contributed by atoms with Crippen molar-refractivity contribution in [2.45, 2.75) is 45.3 Å². The average Bonchev–Trinajstić information content (AvgIpc) is 2.63. The summed E-state index contributed by atoms with van der Waals surface area (Å²) in [5.41, 5.74) is 5.59. The van der Waals surface area contributed by atoms with Gasteiger partial charge in [0, 0.05) is 6.61 Å². The summed E-state index contributed by atoms with van der Waals surface area (Å²) in [6.07, 6.45) is 2.51. The predicted octanol–water partition coefficient (Wildman–Crippen LogP) is 0.982. The Bertz CT molecular complexity index is 271. The number of ether oxygens (including phenoxy) is 1. The molecule has 0 aromatic heterocycles. The summed E-state index contributed by atoms with van der Waals surface area (Å²) in [6, 6.07) is -0.180. The van der Waals surface area contributed by atoms with Gasteiger partial charge in [-0.3, -0.25) is 4.79 Å². The largest absolute Gasteiger partial charge is 0.392 e. The van der Waals surface area contributed by atoms with E-state index in [1.165, 1.54) is 0 Å². The first kappa shape index (κ1) is 13.4. The molecule has 3 N–H and O–H groups in total. The predicted molar refractivity (Wildman–Crippen MR) is 67.1 cm³/mol. The van der Waals surface area contributed by atoms with Crippen molar-refractivity contribution in [3.63, 3.8) is 0 Å². The van der Waals surface area contributed by atoms with Gasteiger partial charge in [0.15, 0.2) is 0 Å². The Morgan fingerprint density at radius 1 is 1.69 bits per heavy atom. The number of amides is 1. The molecule has 0 aromatic carbocycles. The molecule has 5 heteroatoms. The van der Waals surface area contributed by atoms with E-state index < -0.39 is 0 Å². The van der Waals surface area contributed by atoms with Gasteiger partial charge in [0.05, 0.1) is 23.1 Å². The van der Waals surface area contributed by atoms with Crippen molar-refractivity contribution < 1.29 is 9.53 Å². The first-order valence-electron chi connectivity index (χ1n) is 5.77. The van der Waals surface area contributed by atoms with Crippen LogP contribution in [-0.2, 0) is 9.53 Å². The molecular weight excluding hydrogens is 224 g/mol. The van der Waals surface area contributed by atoms with E-state index in [1.54, 1.807) is 0 Å². The summed E-state index contributed by atoms with van der Waals surface area (Å²) in [5, 5.41) is 2.90. The molecule has 3 atom stereocenters. The second-order valence-corrected chi connectivity index (χ2v) is 4.69. The average molecular weight is 244 g/mol. The van der Waals surface area contributed by atoms with E-state index in [4.69, 9.17) is 22.7 Å². The van der Waals surface area contributed by atoms with Gasteiger partial charge in [0.1, 0.15) is 0 Å². The standard InChI is InChI=1S/C11H20N2O2S/c1-3-4-9(10(12)16)13-11(14)8-5-6-15-7(8)2/h7-9H,3-6H2,1-2H3,(H2,12,16)(H,13,14). The first-order chi connectivity index (χ1) is 7.56. The van der Waals surface area contributed by atoms with Gasteiger partial charge < -0.3 is 15.8 Å². The van der Waals surface area contributed by atoms with E-state index >= 15 is 0 Å². The van der Waals surface area contributed by atoms with Crippen molar-refractivity contribution in [1.29, 1.82) is 0 Å². The highest BCUT2D eigenvalue weighted by Gasteiger charge is 2.31. The molecule has 1 aliphatic rings. The lowest BCUT2D eigenvalue weighted by Crippen LogP contribution is -2.46. The van der Waals surface area contributed by atoms with Crippen LogP contribution in [0.3, 0.4) is 0 Å². The molecule has 0 radical (unpaired) electrons.